The summed E-state index contributed by atoms with van der Waals surface area (Å²) in [5, 5.41) is 4.69. The quantitative estimate of drug-likeness (QED) is 0.122. The van der Waals surface area contributed by atoms with Crippen LogP contribution in [0.5, 0.6) is 0 Å². The molecule has 1 aliphatic rings. The first kappa shape index (κ1) is 32.8. The van der Waals surface area contributed by atoms with Crippen molar-refractivity contribution in [2.45, 2.75) is 32.6 Å². The maximum atomic E-state index is 5.49. The van der Waals surface area contributed by atoms with E-state index in [9.17, 15) is 0 Å². The zero-order chi connectivity index (χ0) is 37.3. The molecule has 0 saturated heterocycles. The first-order chi connectivity index (χ1) is 27.0. The summed E-state index contributed by atoms with van der Waals surface area (Å²) in [4.78, 5) is 10.9. The predicted octanol–water partition coefficient (Wildman–Crippen LogP) is 13.0. The normalized spacial score (nSPS) is 13.9. The van der Waals surface area contributed by atoms with Gasteiger partial charge in [0, 0.05) is 43.8 Å². The van der Waals surface area contributed by atoms with Crippen molar-refractivity contribution >= 4 is 61.0 Å². The summed E-state index contributed by atoms with van der Waals surface area (Å²) in [5.41, 5.74) is 13.7. The van der Waals surface area contributed by atoms with Gasteiger partial charge in [-0.15, -0.1) is 0 Å². The average Bonchev–Trinajstić information content (AvgIpc) is 3.84. The van der Waals surface area contributed by atoms with Crippen LogP contribution < -0.4 is 0 Å². The highest BCUT2D eigenvalue weighted by Crippen LogP contribution is 2.50. The summed E-state index contributed by atoms with van der Waals surface area (Å²) in [5.74, 6) is 1.23. The molecule has 0 aliphatic heterocycles. The van der Waals surface area contributed by atoms with Crippen LogP contribution in [-0.2, 0) is 5.41 Å². The minimum Gasteiger partial charge on any atom is -0.307 e. The lowest BCUT2D eigenvalue weighted by Gasteiger charge is -2.21. The Morgan fingerprint density at radius 3 is 1.91 bits per heavy atom. The lowest BCUT2D eigenvalue weighted by molar-refractivity contribution is 0.660. The Morgan fingerprint density at radius 1 is 0.564 bits per heavy atom. The fourth-order valence-electron chi connectivity index (χ4n) is 8.98. The Labute approximate surface area is 321 Å². The molecule has 10 rings (SSSR count). The predicted molar refractivity (Wildman–Crippen MR) is 233 cm³/mol. The Kier molecular flexibility index (Phi) is 7.57. The van der Waals surface area contributed by atoms with E-state index in [1.165, 1.54) is 33.0 Å². The van der Waals surface area contributed by atoms with Gasteiger partial charge < -0.3 is 4.57 Å². The van der Waals surface area contributed by atoms with Crippen molar-refractivity contribution in [2.24, 2.45) is 9.98 Å². The third kappa shape index (κ3) is 4.98. The van der Waals surface area contributed by atoms with E-state index in [0.29, 0.717) is 11.7 Å². The van der Waals surface area contributed by atoms with E-state index in [0.717, 1.165) is 61.8 Å². The van der Waals surface area contributed by atoms with Crippen molar-refractivity contribution in [3.8, 4) is 16.8 Å². The monoisotopic (exact) mass is 708 g/mol. The molecule has 0 amide bonds. The van der Waals surface area contributed by atoms with Gasteiger partial charge in [0.25, 0.3) is 0 Å². The van der Waals surface area contributed by atoms with Gasteiger partial charge in [-0.05, 0) is 52.9 Å². The molecule has 2 aromatic heterocycles. The largest absolute Gasteiger partial charge is 0.307 e. The molecule has 0 fully saturated rings. The number of fused-ring (bicyclic) bond motifs is 10. The summed E-state index contributed by atoms with van der Waals surface area (Å²) in [6, 6.07) is 58.2. The first-order valence-corrected chi connectivity index (χ1v) is 19.1. The van der Waals surface area contributed by atoms with Gasteiger partial charge in [-0.2, -0.15) is 0 Å². The van der Waals surface area contributed by atoms with Gasteiger partial charge in [0.1, 0.15) is 5.82 Å². The molecule has 4 nitrogen and oxygen atoms in total. The van der Waals surface area contributed by atoms with E-state index in [-0.39, 0.29) is 5.41 Å². The second-order valence-electron chi connectivity index (χ2n) is 14.9. The van der Waals surface area contributed by atoms with E-state index in [1.54, 1.807) is 0 Å². The zero-order valence-corrected chi connectivity index (χ0v) is 31.3. The Morgan fingerprint density at radius 2 is 1.16 bits per heavy atom. The minimum atomic E-state index is -0.102. The number of hydrogen-bond donors (Lipinski definition) is 0. The van der Waals surface area contributed by atoms with Crippen molar-refractivity contribution in [1.29, 1.82) is 0 Å². The molecule has 264 valence electrons. The Hall–Kier alpha value is -6.78. The maximum Gasteiger partial charge on any atom is 0.161 e. The zero-order valence-electron chi connectivity index (χ0n) is 31.3. The first-order valence-electron chi connectivity index (χ1n) is 19.1. The number of aromatic nitrogens is 2. The molecule has 0 unspecified atom stereocenters. The lowest BCUT2D eigenvalue weighted by atomic mass is 9.82. The molecule has 2 heterocycles. The fourth-order valence-corrected chi connectivity index (χ4v) is 8.98. The molecule has 9 aromatic rings. The molecular formula is C51H40N4. The Bertz CT molecular complexity index is 3050. The minimum absolute atomic E-state index is 0.102. The molecule has 0 radical (unpaired) electrons. The van der Waals surface area contributed by atoms with Gasteiger partial charge in [-0.1, -0.05) is 167 Å². The molecule has 4 heteroatoms. The molecule has 55 heavy (non-hydrogen) atoms. The van der Waals surface area contributed by atoms with Crippen molar-refractivity contribution in [1.82, 2.24) is 9.13 Å². The maximum absolute atomic E-state index is 5.49. The summed E-state index contributed by atoms with van der Waals surface area (Å²) in [6.07, 6.45) is 0.741. The van der Waals surface area contributed by atoms with Crippen LogP contribution in [-0.4, -0.2) is 20.7 Å². The average molecular weight is 709 g/mol. The number of aliphatic imine (C=N–C) groups is 2. The second kappa shape index (κ2) is 12.7. The topological polar surface area (TPSA) is 34.6 Å². The van der Waals surface area contributed by atoms with Crippen molar-refractivity contribution in [2.75, 3.05) is 0 Å². The van der Waals surface area contributed by atoms with Crippen LogP contribution in [0.1, 0.15) is 49.4 Å². The summed E-state index contributed by atoms with van der Waals surface area (Å²) in [6.45, 7) is 11.6. The fraction of sp³-hybridized carbons (Fsp3) is 0.0980. The van der Waals surface area contributed by atoms with Crippen LogP contribution in [0, 0.1) is 0 Å². The number of benzene rings is 7. The lowest BCUT2D eigenvalue weighted by Crippen LogP contribution is -2.15. The van der Waals surface area contributed by atoms with Crippen molar-refractivity contribution in [3.63, 3.8) is 0 Å². The summed E-state index contributed by atoms with van der Waals surface area (Å²) < 4.78 is 4.63. The SMILES string of the molecule is C=C(N=C(N=C(CC)c1cccc2c1-c1ccccc1C2(C)C)c1ccccc1)n1c2ccccc2c2ccc3c4ccccc4n(-c4ccccc4)c3c21. The number of nitrogens with zero attached hydrogens (tertiary/aromatic N) is 4. The third-order valence-corrected chi connectivity index (χ3v) is 11.5. The van der Waals surface area contributed by atoms with Crippen LogP contribution in [0.4, 0.5) is 0 Å². The molecule has 0 N–H and O–H groups in total. The van der Waals surface area contributed by atoms with Crippen LogP contribution in [0.3, 0.4) is 0 Å². The summed E-state index contributed by atoms with van der Waals surface area (Å²) >= 11 is 0. The molecule has 1 aliphatic carbocycles. The molecule has 0 bridgehead atoms. The second-order valence-corrected chi connectivity index (χ2v) is 14.9. The molecule has 0 saturated carbocycles. The van der Waals surface area contributed by atoms with E-state index < -0.39 is 0 Å². The number of hydrogen-bond acceptors (Lipinski definition) is 1. The van der Waals surface area contributed by atoms with Crippen molar-refractivity contribution < 1.29 is 0 Å². The highest BCUT2D eigenvalue weighted by atomic mass is 15.1. The van der Waals surface area contributed by atoms with E-state index in [2.05, 4.69) is 188 Å². The Balaban J connectivity index is 1.24. The smallest absolute Gasteiger partial charge is 0.161 e. The molecule has 0 spiro atoms. The van der Waals surface area contributed by atoms with Crippen molar-refractivity contribution in [3.05, 3.63) is 193 Å². The highest BCUT2D eigenvalue weighted by Gasteiger charge is 2.37. The molecule has 0 atom stereocenters. The van der Waals surface area contributed by atoms with Gasteiger partial charge in [0.05, 0.1) is 27.8 Å². The van der Waals surface area contributed by atoms with Gasteiger partial charge in [0.15, 0.2) is 5.84 Å². The van der Waals surface area contributed by atoms with Crippen LogP contribution in [0.25, 0.3) is 66.2 Å². The van der Waals surface area contributed by atoms with Crippen LogP contribution in [0.2, 0.25) is 0 Å². The number of para-hydroxylation sites is 3. The molecule has 7 aromatic carbocycles. The van der Waals surface area contributed by atoms with Gasteiger partial charge in [0.2, 0.25) is 0 Å². The van der Waals surface area contributed by atoms with Crippen LogP contribution in [0.15, 0.2) is 180 Å². The van der Waals surface area contributed by atoms with Crippen LogP contribution >= 0.6 is 0 Å². The van der Waals surface area contributed by atoms with Gasteiger partial charge in [-0.25, -0.2) is 9.98 Å². The van der Waals surface area contributed by atoms with Gasteiger partial charge in [-0.3, -0.25) is 4.57 Å². The number of rotatable bonds is 6. The van der Waals surface area contributed by atoms with E-state index in [4.69, 9.17) is 16.6 Å². The van der Waals surface area contributed by atoms with E-state index >= 15 is 0 Å². The third-order valence-electron chi connectivity index (χ3n) is 11.5. The number of amidine groups is 1. The standard InChI is InChI=1S/C51H40N4/c1-5-44(41-26-18-28-43-47(41)40-25-12-15-27-42(40)51(43,3)4)53-50(34-19-8-6-9-20-34)52-33(2)54-45-29-16-13-23-36(45)38-31-32-39-37-24-14-17-30-46(37)55(49(39)48(38)54)35-21-10-7-11-22-35/h6-32H,2,5H2,1,3-4H3. The van der Waals surface area contributed by atoms with E-state index in [1.807, 2.05) is 6.07 Å². The summed E-state index contributed by atoms with van der Waals surface area (Å²) in [7, 11) is 0. The highest BCUT2D eigenvalue weighted by molar-refractivity contribution is 6.24. The van der Waals surface area contributed by atoms with Gasteiger partial charge >= 0.3 is 0 Å². The molecular weight excluding hydrogens is 669 g/mol.